The van der Waals surface area contributed by atoms with Crippen LogP contribution in [0.5, 0.6) is 0 Å². The molecule has 0 bridgehead atoms. The van der Waals surface area contributed by atoms with Gasteiger partial charge < -0.3 is 9.67 Å². The highest BCUT2D eigenvalue weighted by atomic mass is 16.3. The van der Waals surface area contributed by atoms with Crippen LogP contribution in [0.4, 0.5) is 0 Å². The van der Waals surface area contributed by atoms with Crippen molar-refractivity contribution in [2.75, 3.05) is 0 Å². The smallest absolute Gasteiger partial charge is 0.276 e. The molecule has 0 fully saturated rings. The second-order valence-electron chi connectivity index (χ2n) is 7.77. The topological polar surface area (TPSA) is 59.5 Å². The number of aliphatic hydroxyl groups is 1. The van der Waals surface area contributed by atoms with Crippen LogP contribution in [0.15, 0.2) is 71.8 Å². The molecule has 0 radical (unpaired) electrons. The molecule has 0 saturated heterocycles. The molecule has 2 heterocycles. The zero-order valence-electron chi connectivity index (χ0n) is 16.9. The van der Waals surface area contributed by atoms with Gasteiger partial charge in [-0.3, -0.25) is 4.79 Å². The summed E-state index contributed by atoms with van der Waals surface area (Å²) in [7, 11) is 0. The van der Waals surface area contributed by atoms with Gasteiger partial charge in [0.1, 0.15) is 5.52 Å². The Morgan fingerprint density at radius 1 is 1.00 bits per heavy atom. The Balaban J connectivity index is 1.64. The molecule has 1 atom stereocenters. The molecular formula is C24H25N3O2. The number of benzene rings is 2. The van der Waals surface area contributed by atoms with Crippen LogP contribution in [0.2, 0.25) is 0 Å². The maximum Gasteiger partial charge on any atom is 0.276 e. The largest absolute Gasteiger partial charge is 0.387 e. The molecule has 0 aliphatic rings. The van der Waals surface area contributed by atoms with E-state index in [2.05, 4.69) is 18.9 Å². The van der Waals surface area contributed by atoms with E-state index in [1.54, 1.807) is 21.5 Å². The molecular weight excluding hydrogens is 362 g/mol. The van der Waals surface area contributed by atoms with Crippen molar-refractivity contribution < 1.29 is 5.11 Å². The summed E-state index contributed by atoms with van der Waals surface area (Å²) in [5.74, 6) is 0.440. The first-order valence-electron chi connectivity index (χ1n) is 9.87. The quantitative estimate of drug-likeness (QED) is 0.554. The van der Waals surface area contributed by atoms with E-state index < -0.39 is 6.10 Å². The highest BCUT2D eigenvalue weighted by Crippen LogP contribution is 2.23. The molecule has 2 aromatic carbocycles. The van der Waals surface area contributed by atoms with Crippen LogP contribution < -0.4 is 5.56 Å². The lowest BCUT2D eigenvalue weighted by molar-refractivity contribution is 0.155. The predicted octanol–water partition coefficient (Wildman–Crippen LogP) is 4.33. The van der Waals surface area contributed by atoms with E-state index in [-0.39, 0.29) is 12.1 Å². The molecule has 0 aliphatic heterocycles. The molecule has 0 spiro atoms. The molecule has 1 unspecified atom stereocenters. The Hall–Kier alpha value is -3.18. The fourth-order valence-electron chi connectivity index (χ4n) is 3.56. The zero-order chi connectivity index (χ0) is 20.5. The molecule has 2 aromatic heterocycles. The number of aliphatic hydroxyl groups excluding tert-OH is 1. The maximum atomic E-state index is 13.0. The minimum Gasteiger partial charge on any atom is -0.387 e. The van der Waals surface area contributed by atoms with Crippen LogP contribution in [0, 0.1) is 6.92 Å². The van der Waals surface area contributed by atoms with E-state index in [1.165, 1.54) is 5.56 Å². The molecule has 0 aliphatic carbocycles. The minimum absolute atomic E-state index is 0.169. The Morgan fingerprint density at radius 2 is 1.69 bits per heavy atom. The van der Waals surface area contributed by atoms with Gasteiger partial charge in [0.15, 0.2) is 0 Å². The van der Waals surface area contributed by atoms with E-state index in [0.29, 0.717) is 11.4 Å². The van der Waals surface area contributed by atoms with Gasteiger partial charge >= 0.3 is 0 Å². The van der Waals surface area contributed by atoms with E-state index in [4.69, 9.17) is 0 Å². The SMILES string of the molecule is Cc1ccccc1-c1cc2c(=O)n(CC(O)c3ccc(C(C)C)cc3)ccn2n1. The number of hydrogen-bond donors (Lipinski definition) is 1. The molecule has 0 saturated carbocycles. The molecule has 29 heavy (non-hydrogen) atoms. The summed E-state index contributed by atoms with van der Waals surface area (Å²) in [5, 5.41) is 15.2. The highest BCUT2D eigenvalue weighted by Gasteiger charge is 2.14. The number of aromatic nitrogens is 3. The van der Waals surface area contributed by atoms with Crippen LogP contribution in [0.3, 0.4) is 0 Å². The number of fused-ring (bicyclic) bond motifs is 1. The summed E-state index contributed by atoms with van der Waals surface area (Å²) in [6, 6.07) is 17.7. The number of aryl methyl sites for hydroxylation is 1. The standard InChI is InChI=1S/C24H25N3O2/c1-16(2)18-8-10-19(11-9-18)23(28)15-26-12-13-27-22(24(26)29)14-21(25-27)20-7-5-4-6-17(20)3/h4-14,16,23,28H,15H2,1-3H3. The number of hydrogen-bond acceptors (Lipinski definition) is 3. The van der Waals surface area contributed by atoms with Gasteiger partial charge in [-0.1, -0.05) is 62.4 Å². The Kier molecular flexibility index (Phi) is 5.07. The normalized spacial score (nSPS) is 12.6. The van der Waals surface area contributed by atoms with Crippen molar-refractivity contribution in [1.82, 2.24) is 14.2 Å². The molecule has 5 heteroatoms. The highest BCUT2D eigenvalue weighted by molar-refractivity contribution is 5.68. The average Bonchev–Trinajstić information content (AvgIpc) is 3.15. The monoisotopic (exact) mass is 387 g/mol. The van der Waals surface area contributed by atoms with Gasteiger partial charge in [-0.2, -0.15) is 5.10 Å². The molecule has 4 aromatic rings. The fraction of sp³-hybridized carbons (Fsp3) is 0.250. The van der Waals surface area contributed by atoms with Gasteiger partial charge in [-0.15, -0.1) is 0 Å². The number of nitrogens with zero attached hydrogens (tertiary/aromatic N) is 3. The lowest BCUT2D eigenvalue weighted by Crippen LogP contribution is -2.24. The first kappa shape index (κ1) is 19.2. The Morgan fingerprint density at radius 3 is 2.38 bits per heavy atom. The van der Waals surface area contributed by atoms with Gasteiger partial charge in [0.05, 0.1) is 18.3 Å². The van der Waals surface area contributed by atoms with Crippen LogP contribution in [-0.4, -0.2) is 19.3 Å². The van der Waals surface area contributed by atoms with Crippen molar-refractivity contribution in [1.29, 1.82) is 0 Å². The molecule has 0 amide bonds. The molecule has 5 nitrogen and oxygen atoms in total. The second-order valence-corrected chi connectivity index (χ2v) is 7.77. The van der Waals surface area contributed by atoms with E-state index in [1.807, 2.05) is 61.5 Å². The zero-order valence-corrected chi connectivity index (χ0v) is 16.9. The second kappa shape index (κ2) is 7.68. The first-order chi connectivity index (χ1) is 13.9. The van der Waals surface area contributed by atoms with Crippen molar-refractivity contribution in [3.63, 3.8) is 0 Å². The van der Waals surface area contributed by atoms with Crippen LogP contribution in [-0.2, 0) is 6.54 Å². The summed E-state index contributed by atoms with van der Waals surface area (Å²) < 4.78 is 3.14. The summed E-state index contributed by atoms with van der Waals surface area (Å²) >= 11 is 0. The summed E-state index contributed by atoms with van der Waals surface area (Å²) in [4.78, 5) is 13.0. The van der Waals surface area contributed by atoms with Crippen molar-refractivity contribution in [3.8, 4) is 11.3 Å². The van der Waals surface area contributed by atoms with Crippen LogP contribution >= 0.6 is 0 Å². The molecule has 4 rings (SSSR count). The lowest BCUT2D eigenvalue weighted by Gasteiger charge is -2.14. The molecule has 148 valence electrons. The molecule has 1 N–H and O–H groups in total. The van der Waals surface area contributed by atoms with Crippen LogP contribution in [0.25, 0.3) is 16.8 Å². The Bertz CT molecular complexity index is 1200. The first-order valence-corrected chi connectivity index (χ1v) is 9.87. The lowest BCUT2D eigenvalue weighted by atomic mass is 10.00. The minimum atomic E-state index is -0.755. The third-order valence-corrected chi connectivity index (χ3v) is 5.38. The Labute approximate surface area is 169 Å². The van der Waals surface area contributed by atoms with Gasteiger partial charge in [0.2, 0.25) is 0 Å². The predicted molar refractivity (Wildman–Crippen MR) is 115 cm³/mol. The fourth-order valence-corrected chi connectivity index (χ4v) is 3.56. The number of rotatable bonds is 5. The summed E-state index contributed by atoms with van der Waals surface area (Å²) in [6.45, 7) is 6.49. The van der Waals surface area contributed by atoms with Gasteiger partial charge in [0.25, 0.3) is 5.56 Å². The summed E-state index contributed by atoms with van der Waals surface area (Å²) in [5.41, 5.74) is 5.23. The van der Waals surface area contributed by atoms with Crippen LogP contribution in [0.1, 0.15) is 42.6 Å². The third kappa shape index (κ3) is 3.74. The van der Waals surface area contributed by atoms with E-state index in [9.17, 15) is 9.90 Å². The third-order valence-electron chi connectivity index (χ3n) is 5.38. The van der Waals surface area contributed by atoms with Gasteiger partial charge in [-0.25, -0.2) is 4.52 Å². The summed E-state index contributed by atoms with van der Waals surface area (Å²) in [6.07, 6.45) is 2.68. The van der Waals surface area contributed by atoms with Gasteiger partial charge in [0, 0.05) is 18.0 Å². The average molecular weight is 387 g/mol. The van der Waals surface area contributed by atoms with Crippen molar-refractivity contribution in [2.24, 2.45) is 0 Å². The van der Waals surface area contributed by atoms with Crippen molar-refractivity contribution in [2.45, 2.75) is 39.3 Å². The van der Waals surface area contributed by atoms with Crippen molar-refractivity contribution >= 4 is 5.52 Å². The van der Waals surface area contributed by atoms with E-state index in [0.717, 1.165) is 22.4 Å². The van der Waals surface area contributed by atoms with E-state index >= 15 is 0 Å². The van der Waals surface area contributed by atoms with Crippen molar-refractivity contribution in [3.05, 3.63) is 94.0 Å². The van der Waals surface area contributed by atoms with Gasteiger partial charge in [-0.05, 0) is 35.6 Å². The maximum absolute atomic E-state index is 13.0.